The Hall–Kier alpha value is 0.338. The van der Waals surface area contributed by atoms with Gasteiger partial charge < -0.3 is 9.94 Å². The van der Waals surface area contributed by atoms with E-state index in [0.717, 1.165) is 17.9 Å². The molecule has 0 fully saturated rings. The second kappa shape index (κ2) is 18.9. The molecule has 0 bridgehead atoms. The summed E-state index contributed by atoms with van der Waals surface area (Å²) < 4.78 is 26.1. The van der Waals surface area contributed by atoms with Crippen LogP contribution in [0.1, 0.15) is 53.9 Å². The van der Waals surface area contributed by atoms with Gasteiger partial charge in [0.2, 0.25) is 0 Å². The number of aliphatic hydroxyl groups excluding tert-OH is 1. The summed E-state index contributed by atoms with van der Waals surface area (Å²) in [6.07, 6.45) is 4.09. The monoisotopic (exact) mass is 537 g/mol. The molecule has 7 nitrogen and oxygen atoms in total. The first-order valence-corrected chi connectivity index (χ1v) is 14.8. The summed E-state index contributed by atoms with van der Waals surface area (Å²) >= 11 is 2.92. The molecule has 0 saturated carbocycles. The number of hydrogen-bond donors (Lipinski definition) is 2. The molecule has 0 aromatic rings. The van der Waals surface area contributed by atoms with E-state index in [0.29, 0.717) is 35.8 Å². The van der Waals surface area contributed by atoms with Gasteiger partial charge in [0.05, 0.1) is 11.3 Å². The van der Waals surface area contributed by atoms with Crippen LogP contribution in [0.25, 0.3) is 0 Å². The number of nitrogens with zero attached hydrogens (tertiary/aromatic N) is 1. The summed E-state index contributed by atoms with van der Waals surface area (Å²) in [5.41, 5.74) is 3.00. The number of rotatable bonds is 9. The van der Waals surface area contributed by atoms with Crippen LogP contribution >= 0.6 is 23.4 Å². The molecule has 1 aliphatic rings. The number of carbonyl (C=O) groups is 1. The van der Waals surface area contributed by atoms with Crippen molar-refractivity contribution in [1.29, 1.82) is 0 Å². The van der Waals surface area contributed by atoms with Gasteiger partial charge in [0.15, 0.2) is 5.78 Å². The second-order valence-corrected chi connectivity index (χ2v) is 11.7. The smallest absolute Gasteiger partial charge is 1.00 e. The van der Waals surface area contributed by atoms with Crippen molar-refractivity contribution in [3.63, 3.8) is 0 Å². The average Bonchev–Trinajstić information content (AvgIpc) is 2.55. The Morgan fingerprint density at radius 3 is 2.47 bits per heavy atom. The number of carbonyl (C=O) groups excluding carboxylic acids is 1. The van der Waals surface area contributed by atoms with E-state index in [1.54, 1.807) is 6.08 Å². The Kier molecular flexibility index (Phi) is 22.0. The van der Waals surface area contributed by atoms with E-state index in [9.17, 15) is 17.7 Å². The average molecular weight is 538 g/mol. The molecule has 1 aliphatic carbocycles. The van der Waals surface area contributed by atoms with Crippen LogP contribution < -0.4 is 33.7 Å². The van der Waals surface area contributed by atoms with E-state index in [4.69, 9.17) is 20.5 Å². The van der Waals surface area contributed by atoms with Crippen LogP contribution in [0.15, 0.2) is 28.1 Å². The first-order chi connectivity index (χ1) is 13.0. The Morgan fingerprint density at radius 2 is 2.03 bits per heavy atom. The number of oxime groups is 1. The molecule has 0 radical (unpaired) electrons. The number of ketones is 1. The molecule has 0 aliphatic heterocycles. The van der Waals surface area contributed by atoms with E-state index in [1.807, 2.05) is 18.7 Å². The summed E-state index contributed by atoms with van der Waals surface area (Å²) in [6.45, 7) is 6.43. The molecular formula is C19H34AsClNNaO6S. The third-order valence-corrected chi connectivity index (χ3v) is 4.97. The fraction of sp³-hybridized carbons (Fsp3) is 0.684. The van der Waals surface area contributed by atoms with E-state index in [2.05, 4.69) is 19.0 Å². The molecular weight excluding hydrogens is 504 g/mol. The predicted molar refractivity (Wildman–Crippen MR) is 120 cm³/mol. The van der Waals surface area contributed by atoms with Crippen molar-refractivity contribution < 1.29 is 56.2 Å². The van der Waals surface area contributed by atoms with Crippen LogP contribution in [0.3, 0.4) is 0 Å². The summed E-state index contributed by atoms with van der Waals surface area (Å²) in [6, 6.07) is 0. The summed E-state index contributed by atoms with van der Waals surface area (Å²) in [7, 11) is 0. The molecule has 30 heavy (non-hydrogen) atoms. The molecule has 0 saturated heterocycles. The largest absolute Gasteiger partial charge is 1.00 e. The van der Waals surface area contributed by atoms with Crippen molar-refractivity contribution in [2.24, 2.45) is 11.1 Å². The molecule has 0 heterocycles. The van der Waals surface area contributed by atoms with Gasteiger partial charge in [0, 0.05) is 23.6 Å². The van der Waals surface area contributed by atoms with E-state index in [1.165, 1.54) is 5.54 Å². The molecule has 0 spiro atoms. The minimum absolute atomic E-state index is 0. The molecule has 1 rings (SSSR count). The predicted octanol–water partition coefficient (Wildman–Crippen LogP) is 0.823. The minimum Gasteiger partial charge on any atom is 1.00 e. The quantitative estimate of drug-likeness (QED) is 0.193. The normalized spacial score (nSPS) is 19.8. The zero-order valence-corrected chi connectivity index (χ0v) is 23.2. The summed E-state index contributed by atoms with van der Waals surface area (Å²) in [4.78, 5) is 17.6. The van der Waals surface area contributed by atoms with E-state index in [-0.39, 0.29) is 61.1 Å². The summed E-state index contributed by atoms with van der Waals surface area (Å²) in [5.74, 6) is 1.38. The summed E-state index contributed by atoms with van der Waals surface area (Å²) in [5, 5.41) is 14.8. The van der Waals surface area contributed by atoms with Crippen molar-refractivity contribution in [3.8, 4) is 0 Å². The zero-order chi connectivity index (χ0) is 21.7. The first-order valence-electron chi connectivity index (χ1n) is 9.05. The van der Waals surface area contributed by atoms with Crippen molar-refractivity contribution >= 4 is 49.0 Å². The van der Waals surface area contributed by atoms with Gasteiger partial charge in [-0.3, -0.25) is 4.79 Å². The molecule has 0 aromatic heterocycles. The molecule has 3 unspecified atom stereocenters. The van der Waals surface area contributed by atoms with Gasteiger partial charge in [-0.1, -0.05) is 45.0 Å². The van der Waals surface area contributed by atoms with Crippen LogP contribution in [-0.2, 0) is 13.4 Å². The number of hydrogen-bond acceptors (Lipinski definition) is 7. The van der Waals surface area contributed by atoms with E-state index >= 15 is 0 Å². The van der Waals surface area contributed by atoms with Gasteiger partial charge in [0.25, 0.3) is 0 Å². The third kappa shape index (κ3) is 17.0. The van der Waals surface area contributed by atoms with Gasteiger partial charge in [-0.25, -0.2) is 0 Å². The zero-order valence-electron chi connectivity index (χ0n) is 17.8. The molecule has 3 atom stereocenters. The first kappa shape index (κ1) is 34.9. The molecule has 0 amide bonds. The maximum Gasteiger partial charge on any atom is 1.00 e. The van der Waals surface area contributed by atoms with Crippen molar-refractivity contribution in [2.45, 2.75) is 64.8 Å². The number of thioether (sulfide) groups is 1. The Balaban J connectivity index is -0.000000930. The van der Waals surface area contributed by atoms with Gasteiger partial charge in [-0.15, -0.1) is 0 Å². The van der Waals surface area contributed by atoms with Crippen LogP contribution in [-0.4, -0.2) is 52.5 Å². The third-order valence-electron chi connectivity index (χ3n) is 3.70. The fourth-order valence-electron chi connectivity index (χ4n) is 2.77. The number of Topliss-reactive ketones (excluding diaryl/α,β-unsaturated/α-hetero) is 1. The van der Waals surface area contributed by atoms with Crippen molar-refractivity contribution in [1.82, 2.24) is 0 Å². The Bertz CT molecular complexity index is 630. The van der Waals surface area contributed by atoms with Crippen LogP contribution in [0.2, 0.25) is 5.71 Å². The molecule has 11 heteroatoms. The van der Waals surface area contributed by atoms with E-state index < -0.39 is 14.2 Å². The number of aliphatic hydroxyl groups is 1. The minimum atomic E-state index is -4.38. The SMILES string of the molecule is C.CCSC(C)CC1CC(=O)C(/C(CC)=N/OC/C=C/Cl)=C(O)C1.C[As](=O)([O-])O.[Na+]. The van der Waals surface area contributed by atoms with Gasteiger partial charge >= 0.3 is 61.4 Å². The maximum atomic E-state index is 12.4. The molecule has 170 valence electrons. The van der Waals surface area contributed by atoms with Crippen molar-refractivity contribution in [2.75, 3.05) is 12.4 Å². The van der Waals surface area contributed by atoms with Gasteiger partial charge in [0.1, 0.15) is 12.4 Å². The van der Waals surface area contributed by atoms with Crippen molar-refractivity contribution in [3.05, 3.63) is 22.9 Å². The molecule has 2 N–H and O–H groups in total. The number of halogens is 1. The maximum absolute atomic E-state index is 12.4. The number of allylic oxidation sites excluding steroid dienone is 2. The van der Waals surface area contributed by atoms with Crippen LogP contribution in [0.5, 0.6) is 0 Å². The molecule has 0 aromatic carbocycles. The van der Waals surface area contributed by atoms with Crippen LogP contribution in [0.4, 0.5) is 0 Å². The topological polar surface area (TPSA) is 119 Å². The standard InChI is InChI=1S/C17H26ClNO3S.CH5AsO3.CH4.Na/c1-4-14(19-22-8-6-7-18)17-15(20)10-13(11-16(17)21)9-12(3)23-5-2;1-2(3,4)5;;/h6-7,12-13,20H,4-5,8-11H2,1-3H3;1H3,(H2,3,4,5);1H4;/q;;;+1/p-1/b7-6+,19-14+;;;. The van der Waals surface area contributed by atoms with Gasteiger partial charge in [-0.05, 0) is 30.6 Å². The fourth-order valence-corrected chi connectivity index (χ4v) is 3.82. The van der Waals surface area contributed by atoms with Gasteiger partial charge in [-0.2, -0.15) is 11.8 Å². The Morgan fingerprint density at radius 1 is 1.47 bits per heavy atom. The van der Waals surface area contributed by atoms with Crippen LogP contribution in [0, 0.1) is 5.92 Å². The Labute approximate surface area is 215 Å². The second-order valence-electron chi connectivity index (χ2n) is 6.37.